The second-order valence-electron chi connectivity index (χ2n) is 4.61. The zero-order chi connectivity index (χ0) is 14.5. The number of aryl methyl sites for hydroxylation is 1. The van der Waals surface area contributed by atoms with Crippen LogP contribution < -0.4 is 5.32 Å². The zero-order valence-corrected chi connectivity index (χ0v) is 11.8. The second-order valence-corrected chi connectivity index (χ2v) is 4.61. The van der Waals surface area contributed by atoms with E-state index in [-0.39, 0.29) is 0 Å². The van der Waals surface area contributed by atoms with E-state index in [0.717, 1.165) is 29.9 Å². The Hall–Kier alpha value is -2.41. The number of imidazole rings is 1. The first-order valence-electron chi connectivity index (χ1n) is 6.79. The molecule has 0 radical (unpaired) electrons. The van der Waals surface area contributed by atoms with Crippen molar-refractivity contribution in [1.29, 1.82) is 0 Å². The Morgan fingerprint density at radius 3 is 3.10 bits per heavy atom. The molecule has 3 rings (SSSR count). The summed E-state index contributed by atoms with van der Waals surface area (Å²) in [6.07, 6.45) is 5.90. The lowest BCUT2D eigenvalue weighted by atomic mass is 10.4. The summed E-state index contributed by atoms with van der Waals surface area (Å²) in [5.41, 5.74) is 1.59. The molecule has 3 aromatic rings. The van der Waals surface area contributed by atoms with Crippen molar-refractivity contribution in [2.24, 2.45) is 0 Å². The summed E-state index contributed by atoms with van der Waals surface area (Å²) in [6.45, 7) is 2.10. The average molecular weight is 287 g/mol. The monoisotopic (exact) mass is 287 g/mol. The zero-order valence-electron chi connectivity index (χ0n) is 11.8. The molecule has 0 atom stereocenters. The van der Waals surface area contributed by atoms with Crippen LogP contribution >= 0.6 is 0 Å². The molecule has 0 saturated carbocycles. The first-order chi connectivity index (χ1) is 10.4. The predicted molar refractivity (Wildman–Crippen MR) is 77.9 cm³/mol. The molecule has 3 heterocycles. The largest absolute Gasteiger partial charge is 0.467 e. The van der Waals surface area contributed by atoms with Gasteiger partial charge in [0.1, 0.15) is 17.6 Å². The molecule has 0 amide bonds. The van der Waals surface area contributed by atoms with E-state index < -0.39 is 0 Å². The van der Waals surface area contributed by atoms with Crippen LogP contribution in [0.15, 0.2) is 35.5 Å². The average Bonchev–Trinajstić information content (AvgIpc) is 3.15. The van der Waals surface area contributed by atoms with Crippen molar-refractivity contribution in [3.8, 4) is 0 Å². The third-order valence-electron chi connectivity index (χ3n) is 3.16. The van der Waals surface area contributed by atoms with Gasteiger partial charge in [-0.25, -0.2) is 15.0 Å². The van der Waals surface area contributed by atoms with Crippen LogP contribution in [0.3, 0.4) is 0 Å². The molecule has 7 heteroatoms. The smallest absolute Gasteiger partial charge is 0.165 e. The fourth-order valence-corrected chi connectivity index (χ4v) is 2.14. The molecule has 7 nitrogen and oxygen atoms in total. The van der Waals surface area contributed by atoms with Crippen molar-refractivity contribution in [1.82, 2.24) is 19.5 Å². The van der Waals surface area contributed by atoms with Gasteiger partial charge >= 0.3 is 0 Å². The van der Waals surface area contributed by atoms with Crippen LogP contribution in [0.4, 0.5) is 5.82 Å². The molecule has 0 aromatic carbocycles. The highest BCUT2D eigenvalue weighted by atomic mass is 16.5. The Morgan fingerprint density at radius 1 is 1.33 bits per heavy atom. The van der Waals surface area contributed by atoms with Gasteiger partial charge in [-0.05, 0) is 18.6 Å². The van der Waals surface area contributed by atoms with Gasteiger partial charge in [0, 0.05) is 20.3 Å². The number of anilines is 1. The first kappa shape index (κ1) is 13.6. The first-order valence-corrected chi connectivity index (χ1v) is 6.79. The van der Waals surface area contributed by atoms with Crippen molar-refractivity contribution < 1.29 is 9.15 Å². The molecule has 0 aliphatic heterocycles. The molecule has 110 valence electrons. The van der Waals surface area contributed by atoms with Crippen LogP contribution in [0.25, 0.3) is 11.2 Å². The number of nitrogens with zero attached hydrogens (tertiary/aromatic N) is 4. The summed E-state index contributed by atoms with van der Waals surface area (Å²) in [6, 6.07) is 3.77. The molecule has 1 N–H and O–H groups in total. The maximum absolute atomic E-state index is 5.29. The maximum atomic E-state index is 5.29. The summed E-state index contributed by atoms with van der Waals surface area (Å²) in [5.74, 6) is 1.56. The minimum absolute atomic E-state index is 0.565. The number of nitrogens with one attached hydrogen (secondary N) is 1. The highest BCUT2D eigenvalue weighted by molar-refractivity contribution is 5.82. The number of aromatic nitrogens is 4. The van der Waals surface area contributed by atoms with E-state index in [2.05, 4.69) is 20.3 Å². The third-order valence-corrected chi connectivity index (χ3v) is 3.16. The maximum Gasteiger partial charge on any atom is 0.165 e. The number of ether oxygens (including phenoxy) is 1. The van der Waals surface area contributed by atoms with Gasteiger partial charge in [0.25, 0.3) is 0 Å². The van der Waals surface area contributed by atoms with Crippen LogP contribution in [0, 0.1) is 0 Å². The fraction of sp³-hybridized carbons (Fsp3) is 0.357. The molecule has 0 saturated heterocycles. The van der Waals surface area contributed by atoms with Crippen molar-refractivity contribution in [3.05, 3.63) is 36.8 Å². The van der Waals surface area contributed by atoms with E-state index >= 15 is 0 Å². The summed E-state index contributed by atoms with van der Waals surface area (Å²) in [5, 5.41) is 3.23. The number of hydrogen-bond donors (Lipinski definition) is 1. The minimum atomic E-state index is 0.565. The molecular formula is C14H17N5O2. The second kappa shape index (κ2) is 6.36. The molecular weight excluding hydrogens is 270 g/mol. The summed E-state index contributed by atoms with van der Waals surface area (Å²) < 4.78 is 12.4. The molecule has 0 fully saturated rings. The highest BCUT2D eigenvalue weighted by Gasteiger charge is 2.10. The van der Waals surface area contributed by atoms with Crippen LogP contribution in [0.1, 0.15) is 12.2 Å². The highest BCUT2D eigenvalue weighted by Crippen LogP contribution is 2.18. The lowest BCUT2D eigenvalue weighted by Gasteiger charge is -2.05. The molecule has 21 heavy (non-hydrogen) atoms. The van der Waals surface area contributed by atoms with Crippen LogP contribution in [0.2, 0.25) is 0 Å². The Balaban J connectivity index is 1.76. The molecule has 0 aliphatic carbocycles. The van der Waals surface area contributed by atoms with Gasteiger partial charge in [0.2, 0.25) is 0 Å². The van der Waals surface area contributed by atoms with Gasteiger partial charge in [-0.2, -0.15) is 0 Å². The summed E-state index contributed by atoms with van der Waals surface area (Å²) in [4.78, 5) is 13.0. The normalized spacial score (nSPS) is 11.1. The molecule has 3 aromatic heterocycles. The van der Waals surface area contributed by atoms with Crippen molar-refractivity contribution in [2.45, 2.75) is 19.5 Å². The lowest BCUT2D eigenvalue weighted by molar-refractivity contribution is 0.190. The van der Waals surface area contributed by atoms with Gasteiger partial charge in [-0.1, -0.05) is 0 Å². The number of methoxy groups -OCH3 is 1. The number of rotatable bonds is 7. The van der Waals surface area contributed by atoms with Gasteiger partial charge in [0.15, 0.2) is 11.5 Å². The van der Waals surface area contributed by atoms with Gasteiger partial charge < -0.3 is 19.0 Å². The fourth-order valence-electron chi connectivity index (χ4n) is 2.14. The van der Waals surface area contributed by atoms with Crippen molar-refractivity contribution in [2.75, 3.05) is 19.0 Å². The van der Waals surface area contributed by atoms with E-state index in [1.807, 2.05) is 16.7 Å². The van der Waals surface area contributed by atoms with E-state index in [1.165, 1.54) is 0 Å². The van der Waals surface area contributed by atoms with E-state index in [0.29, 0.717) is 19.0 Å². The standard InChI is InChI=1S/C14H17N5O2/c1-20-6-3-5-19-10-18-12-13(16-9-17-14(12)19)15-8-11-4-2-7-21-11/h2,4,7,9-10H,3,5-6,8H2,1H3,(H,15,16,17). The van der Waals surface area contributed by atoms with E-state index in [9.17, 15) is 0 Å². The van der Waals surface area contributed by atoms with E-state index in [4.69, 9.17) is 9.15 Å². The molecule has 0 bridgehead atoms. The molecule has 0 spiro atoms. The third kappa shape index (κ3) is 3.03. The quantitative estimate of drug-likeness (QED) is 0.670. The molecule has 0 unspecified atom stereocenters. The van der Waals surface area contributed by atoms with Crippen molar-refractivity contribution in [3.63, 3.8) is 0 Å². The molecule has 0 aliphatic rings. The Labute approximate surface area is 122 Å². The Kier molecular flexibility index (Phi) is 4.11. The lowest BCUT2D eigenvalue weighted by Crippen LogP contribution is -2.04. The Bertz CT molecular complexity index is 693. The predicted octanol–water partition coefficient (Wildman–Crippen LogP) is 2.07. The minimum Gasteiger partial charge on any atom is -0.467 e. The van der Waals surface area contributed by atoms with Crippen LogP contribution in [-0.2, 0) is 17.8 Å². The summed E-state index contributed by atoms with van der Waals surface area (Å²) in [7, 11) is 1.70. The van der Waals surface area contributed by atoms with Gasteiger partial charge in [-0.15, -0.1) is 0 Å². The topological polar surface area (TPSA) is 78.0 Å². The van der Waals surface area contributed by atoms with Crippen LogP contribution in [-0.4, -0.2) is 33.2 Å². The number of furan rings is 1. The van der Waals surface area contributed by atoms with Gasteiger partial charge in [-0.3, -0.25) is 0 Å². The number of hydrogen-bond acceptors (Lipinski definition) is 6. The summed E-state index contributed by atoms with van der Waals surface area (Å²) >= 11 is 0. The van der Waals surface area contributed by atoms with E-state index in [1.54, 1.807) is 26.0 Å². The SMILES string of the molecule is COCCCn1cnc2c(NCc3ccco3)ncnc21. The van der Waals surface area contributed by atoms with Gasteiger partial charge in [0.05, 0.1) is 19.1 Å². The van der Waals surface area contributed by atoms with Crippen LogP contribution in [0.5, 0.6) is 0 Å². The van der Waals surface area contributed by atoms with Crippen molar-refractivity contribution >= 4 is 17.0 Å². The Morgan fingerprint density at radius 2 is 2.29 bits per heavy atom. The number of fused-ring (bicyclic) bond motifs is 1.